The quantitative estimate of drug-likeness (QED) is 0.735. The van der Waals surface area contributed by atoms with Gasteiger partial charge in [0.1, 0.15) is 0 Å². The van der Waals surface area contributed by atoms with Gasteiger partial charge in [0.15, 0.2) is 0 Å². The van der Waals surface area contributed by atoms with Gasteiger partial charge >= 0.3 is 0 Å². The van der Waals surface area contributed by atoms with E-state index in [2.05, 4.69) is 37.8 Å². The average molecular weight is 292 g/mol. The Hall–Kier alpha value is -2.12. The van der Waals surface area contributed by atoms with Gasteiger partial charge in [-0.15, -0.1) is 6.58 Å². The van der Waals surface area contributed by atoms with Gasteiger partial charge in [-0.2, -0.15) is 0 Å². The number of allylic oxidation sites excluding steroid dienone is 2. The molecule has 1 nitrogen and oxygen atoms in total. The molecular formula is C21H24O. The first kappa shape index (κ1) is 16.3. The molecule has 0 aliphatic rings. The van der Waals surface area contributed by atoms with Crippen molar-refractivity contribution in [3.8, 4) is 0 Å². The third-order valence-electron chi connectivity index (χ3n) is 4.06. The zero-order valence-electron chi connectivity index (χ0n) is 13.2. The highest BCUT2D eigenvalue weighted by atomic mass is 16.3. The third kappa shape index (κ3) is 4.44. The molecule has 1 N–H and O–H groups in total. The average Bonchev–Trinajstić information content (AvgIpc) is 2.59. The molecule has 0 aliphatic carbocycles. The van der Waals surface area contributed by atoms with E-state index in [4.69, 9.17) is 0 Å². The van der Waals surface area contributed by atoms with Gasteiger partial charge in [0.2, 0.25) is 0 Å². The standard InChI is InChI=1S/C21H24O/c1-3-21(2,19-12-8-5-9-13-19)17-16-20(22)15-14-18-10-6-4-7-11-18/h3-13,16-17,20,22H,1,14-15H2,2H3/b17-16+/t20-,21-/m1/s1. The summed E-state index contributed by atoms with van der Waals surface area (Å²) < 4.78 is 0. The Labute approximate surface area is 133 Å². The van der Waals surface area contributed by atoms with Crippen molar-refractivity contribution in [2.24, 2.45) is 0 Å². The van der Waals surface area contributed by atoms with E-state index in [0.29, 0.717) is 0 Å². The van der Waals surface area contributed by atoms with Crippen LogP contribution in [-0.2, 0) is 11.8 Å². The second kappa shape index (κ2) is 7.77. The normalized spacial score (nSPS) is 15.4. The topological polar surface area (TPSA) is 20.2 Å². The fourth-order valence-electron chi connectivity index (χ4n) is 2.45. The molecule has 0 radical (unpaired) electrons. The van der Waals surface area contributed by atoms with Crippen LogP contribution in [0.5, 0.6) is 0 Å². The summed E-state index contributed by atoms with van der Waals surface area (Å²) in [6.07, 6.45) is 7.01. The largest absolute Gasteiger partial charge is 0.389 e. The first-order chi connectivity index (χ1) is 10.6. The second-order valence-electron chi connectivity index (χ2n) is 5.80. The predicted molar refractivity (Wildman–Crippen MR) is 93.9 cm³/mol. The van der Waals surface area contributed by atoms with Crippen LogP contribution in [0.2, 0.25) is 0 Å². The Morgan fingerprint density at radius 3 is 2.23 bits per heavy atom. The van der Waals surface area contributed by atoms with Gasteiger partial charge in [0.05, 0.1) is 6.10 Å². The van der Waals surface area contributed by atoms with Crippen LogP contribution in [0.15, 0.2) is 85.5 Å². The number of benzene rings is 2. The molecule has 0 fully saturated rings. The van der Waals surface area contributed by atoms with Crippen molar-refractivity contribution in [1.29, 1.82) is 0 Å². The number of aliphatic hydroxyl groups is 1. The fourth-order valence-corrected chi connectivity index (χ4v) is 2.45. The van der Waals surface area contributed by atoms with E-state index < -0.39 is 6.10 Å². The van der Waals surface area contributed by atoms with Crippen LogP contribution in [0.25, 0.3) is 0 Å². The Morgan fingerprint density at radius 2 is 1.64 bits per heavy atom. The molecule has 2 rings (SSSR count). The van der Waals surface area contributed by atoms with Gasteiger partial charge in [0.25, 0.3) is 0 Å². The van der Waals surface area contributed by atoms with E-state index in [1.807, 2.05) is 54.6 Å². The minimum Gasteiger partial charge on any atom is -0.389 e. The molecule has 0 aliphatic heterocycles. The van der Waals surface area contributed by atoms with E-state index in [1.165, 1.54) is 11.1 Å². The van der Waals surface area contributed by atoms with Gasteiger partial charge in [-0.1, -0.05) is 78.9 Å². The molecule has 0 aromatic heterocycles. The Balaban J connectivity index is 1.98. The lowest BCUT2D eigenvalue weighted by atomic mass is 9.82. The van der Waals surface area contributed by atoms with Crippen LogP contribution in [0, 0.1) is 0 Å². The highest BCUT2D eigenvalue weighted by Gasteiger charge is 2.19. The zero-order valence-corrected chi connectivity index (χ0v) is 13.2. The maximum atomic E-state index is 10.2. The van der Waals surface area contributed by atoms with Crippen LogP contribution in [0.1, 0.15) is 24.5 Å². The van der Waals surface area contributed by atoms with Crippen molar-refractivity contribution in [2.75, 3.05) is 0 Å². The molecule has 2 aromatic carbocycles. The molecule has 1 heteroatoms. The van der Waals surface area contributed by atoms with E-state index >= 15 is 0 Å². The third-order valence-corrected chi connectivity index (χ3v) is 4.06. The Bertz CT molecular complexity index is 600. The predicted octanol–water partition coefficient (Wildman–Crippen LogP) is 4.68. The maximum Gasteiger partial charge on any atom is 0.0724 e. The molecular weight excluding hydrogens is 268 g/mol. The van der Waals surface area contributed by atoms with Crippen molar-refractivity contribution in [1.82, 2.24) is 0 Å². The van der Waals surface area contributed by atoms with E-state index in [9.17, 15) is 5.11 Å². The van der Waals surface area contributed by atoms with Crippen LogP contribution in [-0.4, -0.2) is 11.2 Å². The van der Waals surface area contributed by atoms with Crippen molar-refractivity contribution in [3.05, 3.63) is 96.6 Å². The van der Waals surface area contributed by atoms with E-state index in [0.717, 1.165) is 12.8 Å². The lowest BCUT2D eigenvalue weighted by Gasteiger charge is -2.22. The van der Waals surface area contributed by atoms with Crippen molar-refractivity contribution < 1.29 is 5.11 Å². The number of aliphatic hydroxyl groups excluding tert-OH is 1. The minimum atomic E-state index is -0.441. The van der Waals surface area contributed by atoms with Crippen LogP contribution in [0.3, 0.4) is 0 Å². The molecule has 0 unspecified atom stereocenters. The summed E-state index contributed by atoms with van der Waals surface area (Å²) in [5.41, 5.74) is 2.18. The van der Waals surface area contributed by atoms with E-state index in [-0.39, 0.29) is 5.41 Å². The minimum absolute atomic E-state index is 0.255. The summed E-state index contributed by atoms with van der Waals surface area (Å²) in [5.74, 6) is 0. The first-order valence-electron chi connectivity index (χ1n) is 7.74. The van der Waals surface area contributed by atoms with Crippen LogP contribution in [0.4, 0.5) is 0 Å². The Morgan fingerprint density at radius 1 is 1.05 bits per heavy atom. The lowest BCUT2D eigenvalue weighted by Crippen LogP contribution is -2.16. The Kier molecular flexibility index (Phi) is 5.74. The summed E-state index contributed by atoms with van der Waals surface area (Å²) in [6, 6.07) is 20.5. The molecule has 0 bridgehead atoms. The first-order valence-corrected chi connectivity index (χ1v) is 7.74. The molecule has 2 atom stereocenters. The molecule has 0 saturated carbocycles. The van der Waals surface area contributed by atoms with Crippen LogP contribution >= 0.6 is 0 Å². The van der Waals surface area contributed by atoms with Gasteiger partial charge in [0, 0.05) is 5.41 Å². The molecule has 114 valence electrons. The maximum absolute atomic E-state index is 10.2. The van der Waals surface area contributed by atoms with Crippen LogP contribution < -0.4 is 0 Å². The summed E-state index contributed by atoms with van der Waals surface area (Å²) in [5, 5.41) is 10.2. The van der Waals surface area contributed by atoms with Gasteiger partial charge in [-0.05, 0) is 30.9 Å². The number of hydrogen-bond acceptors (Lipinski definition) is 1. The highest BCUT2D eigenvalue weighted by molar-refractivity contribution is 5.35. The SMILES string of the molecule is C=C[C@](C)(/C=C/[C@H](O)CCc1ccccc1)c1ccccc1. The van der Waals surface area contributed by atoms with Gasteiger partial charge in [-0.25, -0.2) is 0 Å². The van der Waals surface area contributed by atoms with Gasteiger partial charge < -0.3 is 5.11 Å². The molecule has 22 heavy (non-hydrogen) atoms. The summed E-state index contributed by atoms with van der Waals surface area (Å²) >= 11 is 0. The molecule has 0 saturated heterocycles. The van der Waals surface area contributed by atoms with E-state index in [1.54, 1.807) is 0 Å². The van der Waals surface area contributed by atoms with Crippen molar-refractivity contribution in [2.45, 2.75) is 31.3 Å². The summed E-state index contributed by atoms with van der Waals surface area (Å²) in [4.78, 5) is 0. The number of aryl methyl sites for hydroxylation is 1. The molecule has 0 heterocycles. The number of rotatable bonds is 7. The molecule has 0 amide bonds. The monoisotopic (exact) mass is 292 g/mol. The molecule has 2 aromatic rings. The summed E-state index contributed by atoms with van der Waals surface area (Å²) in [7, 11) is 0. The smallest absolute Gasteiger partial charge is 0.0724 e. The van der Waals surface area contributed by atoms with Crippen molar-refractivity contribution >= 4 is 0 Å². The summed E-state index contributed by atoms with van der Waals surface area (Å²) in [6.45, 7) is 6.05. The highest BCUT2D eigenvalue weighted by Crippen LogP contribution is 2.26. The fraction of sp³-hybridized carbons (Fsp3) is 0.238. The number of hydrogen-bond donors (Lipinski definition) is 1. The lowest BCUT2D eigenvalue weighted by molar-refractivity contribution is 0.212. The zero-order chi connectivity index (χ0) is 15.8. The second-order valence-corrected chi connectivity index (χ2v) is 5.80. The van der Waals surface area contributed by atoms with Gasteiger partial charge in [-0.3, -0.25) is 0 Å². The molecule has 0 spiro atoms. The van der Waals surface area contributed by atoms with Crippen molar-refractivity contribution in [3.63, 3.8) is 0 Å².